The molecule has 3 nitrogen and oxygen atoms in total. The number of hydrazone groups is 1. The molecule has 0 radical (unpaired) electrons. The minimum atomic E-state index is 0.672. The van der Waals surface area contributed by atoms with Crippen molar-refractivity contribution >= 4 is 34.4 Å². The maximum atomic E-state index is 6.10. The Hall–Kier alpha value is -3.82. The van der Waals surface area contributed by atoms with E-state index >= 15 is 0 Å². The van der Waals surface area contributed by atoms with Crippen molar-refractivity contribution in [3.05, 3.63) is 120 Å². The monoisotopic (exact) mass is 421 g/mol. The van der Waals surface area contributed by atoms with Crippen molar-refractivity contribution in [2.45, 2.75) is 0 Å². The molecule has 0 aliphatic carbocycles. The number of fused-ring (bicyclic) bond motifs is 1. The smallest absolute Gasteiger partial charge is 0.0629 e. The van der Waals surface area contributed by atoms with E-state index in [2.05, 4.69) is 87.9 Å². The van der Waals surface area contributed by atoms with Crippen LogP contribution in [0.3, 0.4) is 0 Å². The summed E-state index contributed by atoms with van der Waals surface area (Å²) in [6, 6.07) is 36.8. The number of rotatable bonds is 5. The second-order valence-electron chi connectivity index (χ2n) is 7.20. The molecule has 0 saturated heterocycles. The molecule has 0 aliphatic heterocycles. The number of benzene rings is 4. The molecule has 0 bridgehead atoms. The van der Waals surface area contributed by atoms with Crippen LogP contribution in [0.4, 0.5) is 5.69 Å². The van der Waals surface area contributed by atoms with E-state index in [-0.39, 0.29) is 0 Å². The number of nitrogens with zero attached hydrogens (tertiary/aromatic N) is 2. The van der Waals surface area contributed by atoms with E-state index in [1.807, 2.05) is 42.6 Å². The molecule has 1 heterocycles. The third-order valence-corrected chi connectivity index (χ3v) is 5.42. The molecular weight excluding hydrogens is 402 g/mol. The average Bonchev–Trinajstić information content (AvgIpc) is 3.15. The Morgan fingerprint density at radius 3 is 2.23 bits per heavy atom. The van der Waals surface area contributed by atoms with Gasteiger partial charge in [-0.2, -0.15) is 5.10 Å². The number of aromatic nitrogens is 1. The van der Waals surface area contributed by atoms with Crippen LogP contribution >= 0.6 is 11.6 Å². The average molecular weight is 422 g/mol. The Morgan fingerprint density at radius 1 is 0.742 bits per heavy atom. The van der Waals surface area contributed by atoms with Crippen molar-refractivity contribution in [2.24, 2.45) is 5.10 Å². The zero-order chi connectivity index (χ0) is 21.0. The van der Waals surface area contributed by atoms with Gasteiger partial charge in [-0.05, 0) is 42.0 Å². The second-order valence-corrected chi connectivity index (χ2v) is 7.63. The van der Waals surface area contributed by atoms with Crippen LogP contribution in [0.5, 0.6) is 0 Å². The zero-order valence-corrected chi connectivity index (χ0v) is 17.5. The lowest BCUT2D eigenvalue weighted by molar-refractivity contribution is 1.13. The summed E-state index contributed by atoms with van der Waals surface area (Å²) in [4.78, 5) is 0. The first-order chi connectivity index (χ1) is 15.3. The third-order valence-electron chi connectivity index (χ3n) is 5.19. The second kappa shape index (κ2) is 8.50. The summed E-state index contributed by atoms with van der Waals surface area (Å²) in [6.07, 6.45) is 1.89. The van der Waals surface area contributed by atoms with Crippen molar-refractivity contribution in [3.8, 4) is 16.9 Å². The van der Waals surface area contributed by atoms with Gasteiger partial charge < -0.3 is 4.57 Å². The predicted octanol–water partition coefficient (Wildman–Crippen LogP) is 7.40. The first kappa shape index (κ1) is 19.2. The molecule has 4 aromatic carbocycles. The van der Waals surface area contributed by atoms with Gasteiger partial charge in [0.05, 0.1) is 23.1 Å². The van der Waals surface area contributed by atoms with Crippen LogP contribution in [0, 0.1) is 0 Å². The van der Waals surface area contributed by atoms with Crippen molar-refractivity contribution in [3.63, 3.8) is 0 Å². The molecule has 150 valence electrons. The number of halogens is 1. The predicted molar refractivity (Wildman–Crippen MR) is 131 cm³/mol. The molecule has 1 N–H and O–H groups in total. The Morgan fingerprint density at radius 2 is 1.45 bits per heavy atom. The standard InChI is InChI=1S/C27H20ClN3/c28-21-12-9-13-22(18-21)30-29-19-25-24-16-7-8-17-26(24)31(23-14-5-2-6-15-23)27(25)20-10-3-1-4-11-20/h1-19,30H/b29-19-. The molecule has 5 rings (SSSR count). The summed E-state index contributed by atoms with van der Waals surface area (Å²) >= 11 is 6.10. The molecule has 0 fully saturated rings. The van der Waals surface area contributed by atoms with Crippen LogP contribution in [-0.4, -0.2) is 10.8 Å². The highest BCUT2D eigenvalue weighted by Crippen LogP contribution is 2.35. The number of hydrogen-bond donors (Lipinski definition) is 1. The van der Waals surface area contributed by atoms with Gasteiger partial charge in [0.2, 0.25) is 0 Å². The quantitative estimate of drug-likeness (QED) is 0.232. The number of nitrogens with one attached hydrogen (secondary N) is 1. The van der Waals surface area contributed by atoms with Crippen LogP contribution < -0.4 is 5.43 Å². The Kier molecular flexibility index (Phi) is 5.26. The first-order valence-electron chi connectivity index (χ1n) is 10.1. The van der Waals surface area contributed by atoms with E-state index < -0.39 is 0 Å². The van der Waals surface area contributed by atoms with E-state index in [9.17, 15) is 0 Å². The SMILES string of the molecule is Clc1cccc(N/N=C\c2c(-c3ccccc3)n(-c3ccccc3)c3ccccc23)c1. The molecule has 31 heavy (non-hydrogen) atoms. The highest BCUT2D eigenvalue weighted by Gasteiger charge is 2.18. The van der Waals surface area contributed by atoms with Gasteiger partial charge in [0, 0.05) is 21.7 Å². The fourth-order valence-electron chi connectivity index (χ4n) is 3.85. The molecule has 0 spiro atoms. The molecule has 1 aromatic heterocycles. The minimum Gasteiger partial charge on any atom is -0.309 e. The van der Waals surface area contributed by atoms with Crippen LogP contribution in [0.2, 0.25) is 5.02 Å². The maximum Gasteiger partial charge on any atom is 0.0629 e. The van der Waals surface area contributed by atoms with E-state index in [0.717, 1.165) is 39.1 Å². The number of anilines is 1. The largest absolute Gasteiger partial charge is 0.309 e. The molecule has 4 heteroatoms. The van der Waals surface area contributed by atoms with E-state index in [1.165, 1.54) is 0 Å². The fourth-order valence-corrected chi connectivity index (χ4v) is 4.04. The van der Waals surface area contributed by atoms with Gasteiger partial charge in [0.15, 0.2) is 0 Å². The molecule has 0 aliphatic rings. The Bertz CT molecular complexity index is 1360. The van der Waals surface area contributed by atoms with E-state index in [0.29, 0.717) is 5.02 Å². The molecule has 5 aromatic rings. The fraction of sp³-hybridized carbons (Fsp3) is 0. The van der Waals surface area contributed by atoms with Crippen molar-refractivity contribution < 1.29 is 0 Å². The summed E-state index contributed by atoms with van der Waals surface area (Å²) < 4.78 is 2.30. The summed E-state index contributed by atoms with van der Waals surface area (Å²) in [5.41, 5.74) is 9.48. The Balaban J connectivity index is 1.71. The number of para-hydroxylation sites is 2. The zero-order valence-electron chi connectivity index (χ0n) is 16.7. The molecule has 0 atom stereocenters. The topological polar surface area (TPSA) is 29.3 Å². The summed E-state index contributed by atoms with van der Waals surface area (Å²) in [5.74, 6) is 0. The van der Waals surface area contributed by atoms with Crippen LogP contribution in [0.15, 0.2) is 114 Å². The maximum absolute atomic E-state index is 6.10. The summed E-state index contributed by atoms with van der Waals surface area (Å²) in [5, 5.41) is 6.36. The molecule has 0 saturated carbocycles. The highest BCUT2D eigenvalue weighted by molar-refractivity contribution is 6.30. The van der Waals surface area contributed by atoms with Crippen molar-refractivity contribution in [2.75, 3.05) is 5.43 Å². The van der Waals surface area contributed by atoms with Crippen LogP contribution in [0.1, 0.15) is 5.56 Å². The molecule has 0 amide bonds. The van der Waals surface area contributed by atoms with Gasteiger partial charge in [-0.1, -0.05) is 84.4 Å². The van der Waals surface area contributed by atoms with Gasteiger partial charge in [0.25, 0.3) is 0 Å². The van der Waals surface area contributed by atoms with Gasteiger partial charge in [-0.25, -0.2) is 0 Å². The van der Waals surface area contributed by atoms with Gasteiger partial charge in [-0.15, -0.1) is 0 Å². The van der Waals surface area contributed by atoms with Crippen LogP contribution in [0.25, 0.3) is 27.8 Å². The molecular formula is C27H20ClN3. The summed E-state index contributed by atoms with van der Waals surface area (Å²) in [6.45, 7) is 0. The van der Waals surface area contributed by atoms with Gasteiger partial charge in [0.1, 0.15) is 0 Å². The highest BCUT2D eigenvalue weighted by atomic mass is 35.5. The Labute approximate surface area is 186 Å². The first-order valence-corrected chi connectivity index (χ1v) is 10.5. The van der Waals surface area contributed by atoms with E-state index in [1.54, 1.807) is 0 Å². The van der Waals surface area contributed by atoms with Crippen molar-refractivity contribution in [1.29, 1.82) is 0 Å². The molecule has 0 unspecified atom stereocenters. The minimum absolute atomic E-state index is 0.672. The van der Waals surface area contributed by atoms with Gasteiger partial charge in [-0.3, -0.25) is 5.43 Å². The summed E-state index contributed by atoms with van der Waals surface area (Å²) in [7, 11) is 0. The lowest BCUT2D eigenvalue weighted by Gasteiger charge is -2.12. The van der Waals surface area contributed by atoms with E-state index in [4.69, 9.17) is 11.6 Å². The van der Waals surface area contributed by atoms with Gasteiger partial charge >= 0.3 is 0 Å². The van der Waals surface area contributed by atoms with Crippen LogP contribution in [-0.2, 0) is 0 Å². The third kappa shape index (κ3) is 3.83. The van der Waals surface area contributed by atoms with Crippen molar-refractivity contribution in [1.82, 2.24) is 4.57 Å². The lowest BCUT2D eigenvalue weighted by Crippen LogP contribution is -1.98. The number of hydrogen-bond acceptors (Lipinski definition) is 2. The normalized spacial score (nSPS) is 11.3. The lowest BCUT2D eigenvalue weighted by atomic mass is 10.1.